The molecule has 0 saturated carbocycles. The van der Waals surface area contributed by atoms with Crippen molar-refractivity contribution >= 4 is 11.9 Å². The molecule has 1 atom stereocenters. The van der Waals surface area contributed by atoms with Gasteiger partial charge in [0.2, 0.25) is 0 Å². The van der Waals surface area contributed by atoms with Crippen molar-refractivity contribution in [2.45, 2.75) is 18.9 Å². The first-order valence-corrected chi connectivity index (χ1v) is 6.64. The van der Waals surface area contributed by atoms with E-state index >= 15 is 0 Å². The third-order valence-corrected chi connectivity index (χ3v) is 3.08. The summed E-state index contributed by atoms with van der Waals surface area (Å²) in [5.74, 6) is -1.14. The van der Waals surface area contributed by atoms with Crippen LogP contribution in [0.1, 0.15) is 34.8 Å². The van der Waals surface area contributed by atoms with Crippen molar-refractivity contribution in [3.05, 3.63) is 66.0 Å². The molecule has 1 aromatic carbocycles. The Labute approximate surface area is 122 Å². The predicted molar refractivity (Wildman–Crippen MR) is 77.8 cm³/mol. The van der Waals surface area contributed by atoms with E-state index in [0.29, 0.717) is 12.0 Å². The highest BCUT2D eigenvalue weighted by Crippen LogP contribution is 2.19. The molecule has 1 heterocycles. The average Bonchev–Trinajstić information content (AvgIpc) is 2.52. The fraction of sp³-hybridized carbons (Fsp3) is 0.188. The highest BCUT2D eigenvalue weighted by Gasteiger charge is 2.16. The van der Waals surface area contributed by atoms with Gasteiger partial charge in [0.15, 0.2) is 0 Å². The number of hydrogen-bond donors (Lipinski definition) is 2. The normalized spacial score (nSPS) is 11.6. The van der Waals surface area contributed by atoms with Gasteiger partial charge in [0, 0.05) is 18.8 Å². The second kappa shape index (κ2) is 7.19. The van der Waals surface area contributed by atoms with E-state index in [9.17, 15) is 9.59 Å². The molecule has 0 aliphatic rings. The Kier molecular flexibility index (Phi) is 5.04. The summed E-state index contributed by atoms with van der Waals surface area (Å²) in [4.78, 5) is 26.8. The topological polar surface area (TPSA) is 79.3 Å². The number of carbonyl (C=O) groups excluding carboxylic acids is 1. The maximum atomic E-state index is 12.2. The molecule has 0 radical (unpaired) electrons. The van der Waals surface area contributed by atoms with Crippen molar-refractivity contribution in [2.24, 2.45) is 0 Å². The van der Waals surface area contributed by atoms with Crippen molar-refractivity contribution in [1.29, 1.82) is 0 Å². The lowest BCUT2D eigenvalue weighted by Crippen LogP contribution is -2.29. The summed E-state index contributed by atoms with van der Waals surface area (Å²) in [6.45, 7) is 0. The Morgan fingerprint density at radius 3 is 2.52 bits per heavy atom. The van der Waals surface area contributed by atoms with Gasteiger partial charge in [-0.1, -0.05) is 30.3 Å². The van der Waals surface area contributed by atoms with Crippen molar-refractivity contribution in [1.82, 2.24) is 10.3 Å². The maximum absolute atomic E-state index is 12.2. The number of nitrogens with zero attached hydrogens (tertiary/aromatic N) is 1. The number of benzene rings is 1. The Balaban J connectivity index is 2.12. The van der Waals surface area contributed by atoms with Crippen molar-refractivity contribution < 1.29 is 14.7 Å². The molecule has 1 amide bonds. The molecule has 5 nitrogen and oxygen atoms in total. The van der Waals surface area contributed by atoms with Crippen LogP contribution < -0.4 is 5.32 Å². The molecule has 0 fully saturated rings. The largest absolute Gasteiger partial charge is 0.481 e. The molecule has 0 aliphatic heterocycles. The summed E-state index contributed by atoms with van der Waals surface area (Å²) in [6, 6.07) is 12.4. The number of rotatable bonds is 6. The van der Waals surface area contributed by atoms with Gasteiger partial charge < -0.3 is 10.4 Å². The molecule has 0 saturated heterocycles. The second-order valence-electron chi connectivity index (χ2n) is 4.61. The van der Waals surface area contributed by atoms with Crippen LogP contribution in [0.2, 0.25) is 0 Å². The van der Waals surface area contributed by atoms with E-state index in [4.69, 9.17) is 5.11 Å². The van der Waals surface area contributed by atoms with Crippen LogP contribution in [0.4, 0.5) is 0 Å². The lowest BCUT2D eigenvalue weighted by atomic mass is 10.0. The van der Waals surface area contributed by atoms with Gasteiger partial charge in [-0.25, -0.2) is 0 Å². The zero-order valence-corrected chi connectivity index (χ0v) is 11.4. The number of carboxylic acid groups (broad SMARTS) is 1. The zero-order valence-electron chi connectivity index (χ0n) is 11.4. The molecule has 21 heavy (non-hydrogen) atoms. The van der Waals surface area contributed by atoms with E-state index in [1.807, 2.05) is 30.3 Å². The molecule has 0 aliphatic carbocycles. The quantitative estimate of drug-likeness (QED) is 0.853. The monoisotopic (exact) mass is 284 g/mol. The second-order valence-corrected chi connectivity index (χ2v) is 4.61. The molecule has 1 unspecified atom stereocenters. The molecular weight excluding hydrogens is 268 g/mol. The van der Waals surface area contributed by atoms with Crippen LogP contribution in [0.25, 0.3) is 0 Å². The molecule has 2 rings (SSSR count). The fourth-order valence-electron chi connectivity index (χ4n) is 2.01. The van der Waals surface area contributed by atoms with Crippen LogP contribution in [0.3, 0.4) is 0 Å². The standard InChI is InChI=1S/C16H16N2O3/c19-15(20)9-8-14(12-5-2-1-3-6-12)18-16(21)13-7-4-10-17-11-13/h1-7,10-11,14H,8-9H2,(H,18,21)(H,19,20). The van der Waals surface area contributed by atoms with Crippen molar-refractivity contribution in [2.75, 3.05) is 0 Å². The first kappa shape index (κ1) is 14.7. The molecule has 0 spiro atoms. The van der Waals surface area contributed by atoms with Gasteiger partial charge >= 0.3 is 5.97 Å². The summed E-state index contributed by atoms with van der Waals surface area (Å²) in [6.07, 6.45) is 3.41. The number of nitrogens with one attached hydrogen (secondary N) is 1. The van der Waals surface area contributed by atoms with Crippen LogP contribution in [-0.4, -0.2) is 22.0 Å². The Bertz CT molecular complexity index is 599. The number of amides is 1. The van der Waals surface area contributed by atoms with Crippen LogP contribution in [0, 0.1) is 0 Å². The van der Waals surface area contributed by atoms with E-state index in [0.717, 1.165) is 5.56 Å². The summed E-state index contributed by atoms with van der Waals surface area (Å²) < 4.78 is 0. The Morgan fingerprint density at radius 1 is 1.14 bits per heavy atom. The van der Waals surface area contributed by atoms with Crippen LogP contribution in [0.15, 0.2) is 54.9 Å². The van der Waals surface area contributed by atoms with E-state index in [1.54, 1.807) is 18.3 Å². The summed E-state index contributed by atoms with van der Waals surface area (Å²) >= 11 is 0. The number of hydrogen-bond acceptors (Lipinski definition) is 3. The van der Waals surface area contributed by atoms with Crippen molar-refractivity contribution in [3.63, 3.8) is 0 Å². The molecular formula is C16H16N2O3. The van der Waals surface area contributed by atoms with Crippen LogP contribution in [0.5, 0.6) is 0 Å². The number of aromatic nitrogens is 1. The molecule has 2 aromatic rings. The van der Waals surface area contributed by atoms with Gasteiger partial charge in [-0.05, 0) is 24.1 Å². The highest BCUT2D eigenvalue weighted by molar-refractivity contribution is 5.94. The molecule has 5 heteroatoms. The van der Waals surface area contributed by atoms with Gasteiger partial charge in [0.1, 0.15) is 0 Å². The predicted octanol–water partition coefficient (Wildman–Crippen LogP) is 2.42. The Hall–Kier alpha value is -2.69. The number of aliphatic carboxylic acids is 1. The molecule has 108 valence electrons. The van der Waals surface area contributed by atoms with Gasteiger partial charge in [-0.15, -0.1) is 0 Å². The first-order valence-electron chi connectivity index (χ1n) is 6.64. The maximum Gasteiger partial charge on any atom is 0.303 e. The number of carbonyl (C=O) groups is 2. The van der Waals surface area contributed by atoms with Gasteiger partial charge in [-0.3, -0.25) is 14.6 Å². The third-order valence-electron chi connectivity index (χ3n) is 3.08. The zero-order chi connectivity index (χ0) is 15.1. The minimum Gasteiger partial charge on any atom is -0.481 e. The van der Waals surface area contributed by atoms with E-state index in [-0.39, 0.29) is 18.4 Å². The van der Waals surface area contributed by atoms with Gasteiger partial charge in [-0.2, -0.15) is 0 Å². The molecule has 2 N–H and O–H groups in total. The lowest BCUT2D eigenvalue weighted by molar-refractivity contribution is -0.137. The smallest absolute Gasteiger partial charge is 0.303 e. The number of pyridine rings is 1. The SMILES string of the molecule is O=C(O)CCC(NC(=O)c1cccnc1)c1ccccc1. The molecule has 1 aromatic heterocycles. The Morgan fingerprint density at radius 2 is 1.90 bits per heavy atom. The minimum absolute atomic E-state index is 0.00706. The van der Waals surface area contributed by atoms with Crippen molar-refractivity contribution in [3.8, 4) is 0 Å². The highest BCUT2D eigenvalue weighted by atomic mass is 16.4. The third kappa shape index (κ3) is 4.42. The van der Waals surface area contributed by atoms with E-state index in [1.165, 1.54) is 6.20 Å². The lowest BCUT2D eigenvalue weighted by Gasteiger charge is -2.18. The fourth-order valence-corrected chi connectivity index (χ4v) is 2.01. The summed E-state index contributed by atoms with van der Waals surface area (Å²) in [5.41, 5.74) is 1.34. The summed E-state index contributed by atoms with van der Waals surface area (Å²) in [7, 11) is 0. The van der Waals surface area contributed by atoms with E-state index < -0.39 is 5.97 Å². The number of carboxylic acids is 1. The average molecular weight is 284 g/mol. The van der Waals surface area contributed by atoms with Gasteiger partial charge in [0.25, 0.3) is 5.91 Å². The molecule has 0 bridgehead atoms. The summed E-state index contributed by atoms with van der Waals surface area (Å²) in [5, 5.41) is 11.7. The first-order chi connectivity index (χ1) is 10.2. The van der Waals surface area contributed by atoms with Crippen LogP contribution in [-0.2, 0) is 4.79 Å². The van der Waals surface area contributed by atoms with E-state index in [2.05, 4.69) is 10.3 Å². The van der Waals surface area contributed by atoms with Gasteiger partial charge in [0.05, 0.1) is 11.6 Å². The van der Waals surface area contributed by atoms with Crippen LogP contribution >= 0.6 is 0 Å². The minimum atomic E-state index is -0.883.